The van der Waals surface area contributed by atoms with Crippen molar-refractivity contribution in [3.63, 3.8) is 0 Å². The van der Waals surface area contributed by atoms with E-state index in [2.05, 4.69) is 24.0 Å². The Bertz CT molecular complexity index is 496. The van der Waals surface area contributed by atoms with E-state index in [9.17, 15) is 5.11 Å². The molecule has 0 bridgehead atoms. The fourth-order valence-corrected chi connectivity index (χ4v) is 2.35. The number of fused-ring (bicyclic) bond motifs is 1. The normalized spacial score (nSPS) is 18.2. The van der Waals surface area contributed by atoms with E-state index in [1.54, 1.807) is 0 Å². The van der Waals surface area contributed by atoms with E-state index < -0.39 is 0 Å². The first kappa shape index (κ1) is 8.84. The number of phenols is 1. The molecule has 1 fully saturated rings. The van der Waals surface area contributed by atoms with Gasteiger partial charge in [-0.15, -0.1) is 0 Å². The molecule has 2 aromatic rings. The summed E-state index contributed by atoms with van der Waals surface area (Å²) >= 11 is 0. The van der Waals surface area contributed by atoms with Crippen molar-refractivity contribution in [1.29, 1.82) is 0 Å². The molecule has 2 heteroatoms. The molecule has 2 nitrogen and oxygen atoms in total. The number of benzene rings is 1. The molecule has 3 rings (SSSR count). The van der Waals surface area contributed by atoms with Gasteiger partial charge in [-0.2, -0.15) is 0 Å². The number of aromatic nitrogens is 1. The van der Waals surface area contributed by atoms with Crippen molar-refractivity contribution in [2.45, 2.75) is 25.7 Å². The third-order valence-electron chi connectivity index (χ3n) is 3.57. The lowest BCUT2D eigenvalue weighted by Crippen LogP contribution is -1.95. The number of rotatable bonds is 2. The minimum atomic E-state index is 0.466. The molecule has 0 spiro atoms. The molecule has 2 N–H and O–H groups in total. The van der Waals surface area contributed by atoms with Crippen LogP contribution in [0.15, 0.2) is 24.5 Å². The third kappa shape index (κ3) is 1.32. The highest BCUT2D eigenvalue weighted by Gasteiger charge is 2.30. The monoisotopic (exact) mass is 201 g/mol. The molecule has 1 aliphatic rings. The lowest BCUT2D eigenvalue weighted by molar-refractivity contribution is 0.465. The third-order valence-corrected chi connectivity index (χ3v) is 3.57. The van der Waals surface area contributed by atoms with Crippen molar-refractivity contribution >= 4 is 10.8 Å². The summed E-state index contributed by atoms with van der Waals surface area (Å²) in [4.78, 5) is 3.03. The number of nitrogens with one attached hydrogen (secondary N) is 1. The van der Waals surface area contributed by atoms with Crippen LogP contribution in [0.2, 0.25) is 0 Å². The van der Waals surface area contributed by atoms with E-state index in [1.165, 1.54) is 12.8 Å². The number of aromatic hydroxyl groups is 1. The van der Waals surface area contributed by atoms with Crippen LogP contribution in [0.25, 0.3) is 10.8 Å². The molecule has 1 aromatic carbocycles. The Morgan fingerprint density at radius 2 is 2.13 bits per heavy atom. The minimum Gasteiger partial charge on any atom is -0.507 e. The molecule has 1 heterocycles. The summed E-state index contributed by atoms with van der Waals surface area (Å²) in [6.07, 6.45) is 6.41. The molecule has 1 atom stereocenters. The molecule has 1 aliphatic carbocycles. The molecule has 1 aromatic heterocycles. The van der Waals surface area contributed by atoms with Gasteiger partial charge in [0.2, 0.25) is 0 Å². The Hall–Kier alpha value is -1.44. The maximum Gasteiger partial charge on any atom is 0.128 e. The molecule has 15 heavy (non-hydrogen) atoms. The van der Waals surface area contributed by atoms with Crippen LogP contribution in [0.4, 0.5) is 0 Å². The zero-order chi connectivity index (χ0) is 10.4. The number of phenolic OH excluding ortho intramolecular Hbond substituents is 1. The van der Waals surface area contributed by atoms with Crippen LogP contribution in [0.3, 0.4) is 0 Å². The van der Waals surface area contributed by atoms with E-state index in [0.29, 0.717) is 11.7 Å². The number of hydrogen-bond acceptors (Lipinski definition) is 1. The van der Waals surface area contributed by atoms with Gasteiger partial charge in [0.25, 0.3) is 0 Å². The second kappa shape index (κ2) is 3.02. The van der Waals surface area contributed by atoms with Gasteiger partial charge in [0.15, 0.2) is 0 Å². The first-order chi connectivity index (χ1) is 7.27. The summed E-state index contributed by atoms with van der Waals surface area (Å²) < 4.78 is 0. The summed E-state index contributed by atoms with van der Waals surface area (Å²) in [5.41, 5.74) is 1.10. The number of hydrogen-bond donors (Lipinski definition) is 2. The van der Waals surface area contributed by atoms with E-state index in [0.717, 1.165) is 22.3 Å². The van der Waals surface area contributed by atoms with Crippen molar-refractivity contribution in [2.24, 2.45) is 5.92 Å². The molecule has 0 saturated heterocycles. The summed E-state index contributed by atoms with van der Waals surface area (Å²) in [5, 5.41) is 12.2. The molecule has 1 unspecified atom stereocenters. The van der Waals surface area contributed by atoms with Crippen LogP contribution in [0, 0.1) is 5.92 Å². The summed E-state index contributed by atoms with van der Waals surface area (Å²) in [6.45, 7) is 2.21. The van der Waals surface area contributed by atoms with Crippen LogP contribution in [-0.2, 0) is 0 Å². The Morgan fingerprint density at radius 3 is 2.87 bits per heavy atom. The van der Waals surface area contributed by atoms with E-state index in [-0.39, 0.29) is 0 Å². The molecular weight excluding hydrogens is 186 g/mol. The second-order valence-electron chi connectivity index (χ2n) is 4.59. The standard InChI is InChI=1S/C13H15NO/c1-8(9-2-3-9)11-5-4-10-6-14-7-12(10)13(11)15/h4-9,14-15H,2-3H2,1H3. The zero-order valence-electron chi connectivity index (χ0n) is 8.83. The lowest BCUT2D eigenvalue weighted by atomic mass is 9.94. The molecule has 0 amide bonds. The molecule has 78 valence electrons. The Balaban J connectivity index is 2.13. The second-order valence-corrected chi connectivity index (χ2v) is 4.59. The zero-order valence-corrected chi connectivity index (χ0v) is 8.83. The molecule has 0 radical (unpaired) electrons. The van der Waals surface area contributed by atoms with Gasteiger partial charge in [-0.05, 0) is 30.2 Å². The van der Waals surface area contributed by atoms with Gasteiger partial charge in [0.1, 0.15) is 5.75 Å². The van der Waals surface area contributed by atoms with Gasteiger partial charge in [0.05, 0.1) is 0 Å². The van der Waals surface area contributed by atoms with E-state index >= 15 is 0 Å². The summed E-state index contributed by atoms with van der Waals surface area (Å²) in [6, 6.07) is 4.15. The fourth-order valence-electron chi connectivity index (χ4n) is 2.35. The largest absolute Gasteiger partial charge is 0.507 e. The number of H-pyrrole nitrogens is 1. The maximum atomic E-state index is 10.2. The van der Waals surface area contributed by atoms with Gasteiger partial charge < -0.3 is 10.1 Å². The average Bonchev–Trinajstić information content (AvgIpc) is 2.97. The van der Waals surface area contributed by atoms with Gasteiger partial charge >= 0.3 is 0 Å². The van der Waals surface area contributed by atoms with Crippen LogP contribution in [0.1, 0.15) is 31.2 Å². The Morgan fingerprint density at radius 1 is 1.33 bits per heavy atom. The smallest absolute Gasteiger partial charge is 0.128 e. The predicted octanol–water partition coefficient (Wildman–Crippen LogP) is 3.39. The van der Waals surface area contributed by atoms with Gasteiger partial charge in [-0.1, -0.05) is 19.1 Å². The first-order valence-corrected chi connectivity index (χ1v) is 5.55. The van der Waals surface area contributed by atoms with Crippen molar-refractivity contribution in [2.75, 3.05) is 0 Å². The van der Waals surface area contributed by atoms with Crippen LogP contribution < -0.4 is 0 Å². The summed E-state index contributed by atoms with van der Waals surface area (Å²) in [7, 11) is 0. The van der Waals surface area contributed by atoms with Gasteiger partial charge in [-0.25, -0.2) is 0 Å². The quantitative estimate of drug-likeness (QED) is 0.767. The highest BCUT2D eigenvalue weighted by atomic mass is 16.3. The fraction of sp³-hybridized carbons (Fsp3) is 0.385. The Labute approximate surface area is 88.9 Å². The highest BCUT2D eigenvalue weighted by molar-refractivity contribution is 5.89. The molecule has 0 aliphatic heterocycles. The van der Waals surface area contributed by atoms with E-state index in [1.807, 2.05) is 12.4 Å². The van der Waals surface area contributed by atoms with Crippen LogP contribution in [-0.4, -0.2) is 10.1 Å². The van der Waals surface area contributed by atoms with Gasteiger partial charge in [-0.3, -0.25) is 0 Å². The van der Waals surface area contributed by atoms with Crippen molar-refractivity contribution < 1.29 is 5.11 Å². The maximum absolute atomic E-state index is 10.2. The minimum absolute atomic E-state index is 0.466. The summed E-state index contributed by atoms with van der Waals surface area (Å²) in [5.74, 6) is 1.74. The van der Waals surface area contributed by atoms with Crippen LogP contribution >= 0.6 is 0 Å². The van der Waals surface area contributed by atoms with Crippen LogP contribution in [0.5, 0.6) is 5.75 Å². The number of aromatic amines is 1. The van der Waals surface area contributed by atoms with Crippen molar-refractivity contribution in [1.82, 2.24) is 4.98 Å². The highest BCUT2D eigenvalue weighted by Crippen LogP contribution is 2.45. The molecular formula is C13H15NO. The lowest BCUT2D eigenvalue weighted by Gasteiger charge is -2.12. The molecule has 1 saturated carbocycles. The topological polar surface area (TPSA) is 36.0 Å². The first-order valence-electron chi connectivity index (χ1n) is 5.55. The van der Waals surface area contributed by atoms with Gasteiger partial charge in [0, 0.05) is 23.2 Å². The van der Waals surface area contributed by atoms with Crippen molar-refractivity contribution in [3.8, 4) is 5.75 Å². The predicted molar refractivity (Wildman–Crippen MR) is 61.1 cm³/mol. The average molecular weight is 201 g/mol. The SMILES string of the molecule is CC(c1ccc2c[nH]cc2c1O)C1CC1. The van der Waals surface area contributed by atoms with Crippen molar-refractivity contribution in [3.05, 3.63) is 30.1 Å². The van der Waals surface area contributed by atoms with E-state index in [4.69, 9.17) is 0 Å². The Kier molecular flexibility index (Phi) is 1.78.